The van der Waals surface area contributed by atoms with E-state index >= 15 is 0 Å². The quantitative estimate of drug-likeness (QED) is 0.431. The first kappa shape index (κ1) is 13.2. The van der Waals surface area contributed by atoms with Crippen molar-refractivity contribution in [2.45, 2.75) is 0 Å². The molecule has 9 nitrogen and oxygen atoms in total. The summed E-state index contributed by atoms with van der Waals surface area (Å²) in [6, 6.07) is 6.24. The molecule has 4 N–H and O–H groups in total. The Morgan fingerprint density at radius 1 is 1.35 bits per heavy atom. The molecule has 1 aromatic heterocycles. The van der Waals surface area contributed by atoms with Gasteiger partial charge in [0.2, 0.25) is 11.6 Å². The van der Waals surface area contributed by atoms with Crippen LogP contribution in [0.5, 0.6) is 5.75 Å². The molecule has 20 heavy (non-hydrogen) atoms. The minimum Gasteiger partial charge on any atom is -0.508 e. The van der Waals surface area contributed by atoms with Gasteiger partial charge in [0.05, 0.1) is 11.1 Å². The minimum atomic E-state index is -0.687. The molecule has 0 spiro atoms. The van der Waals surface area contributed by atoms with Crippen molar-refractivity contribution in [1.82, 2.24) is 9.97 Å². The molecule has 0 unspecified atom stereocenters. The number of phenols is 1. The van der Waals surface area contributed by atoms with E-state index in [9.17, 15) is 10.1 Å². The first-order chi connectivity index (χ1) is 9.58. The molecule has 9 heteroatoms. The minimum absolute atomic E-state index is 0.0995. The summed E-state index contributed by atoms with van der Waals surface area (Å²) < 4.78 is 0. The average Bonchev–Trinajstić information content (AvgIpc) is 2.40. The Morgan fingerprint density at radius 2 is 2.05 bits per heavy atom. The van der Waals surface area contributed by atoms with Gasteiger partial charge in [-0.1, -0.05) is 0 Å². The van der Waals surface area contributed by atoms with Gasteiger partial charge in [-0.2, -0.15) is 5.10 Å². The van der Waals surface area contributed by atoms with E-state index in [1.54, 1.807) is 12.1 Å². The Balaban J connectivity index is 2.17. The van der Waals surface area contributed by atoms with Crippen molar-refractivity contribution in [3.05, 3.63) is 46.3 Å². The molecule has 0 radical (unpaired) electrons. The molecule has 0 amide bonds. The molecule has 2 aromatic rings. The molecule has 102 valence electrons. The summed E-state index contributed by atoms with van der Waals surface area (Å²) in [5, 5.41) is 23.8. The van der Waals surface area contributed by atoms with E-state index < -0.39 is 10.6 Å². The third-order valence-corrected chi connectivity index (χ3v) is 2.31. The molecule has 0 saturated heterocycles. The molecular formula is C11H10N6O3. The topological polar surface area (TPSA) is 140 Å². The van der Waals surface area contributed by atoms with E-state index in [1.165, 1.54) is 18.3 Å². The highest BCUT2D eigenvalue weighted by molar-refractivity contribution is 5.80. The number of hydrogen-bond acceptors (Lipinski definition) is 8. The zero-order chi connectivity index (χ0) is 14.5. The maximum absolute atomic E-state index is 10.8. The fourth-order valence-electron chi connectivity index (χ4n) is 1.38. The molecular weight excluding hydrogens is 264 g/mol. The molecule has 1 heterocycles. The first-order valence-electron chi connectivity index (χ1n) is 5.41. The van der Waals surface area contributed by atoms with Gasteiger partial charge >= 0.3 is 5.69 Å². The number of nitrogens with one attached hydrogen (secondary N) is 1. The number of aromatic nitrogens is 2. The predicted octanol–water partition coefficient (Wildman–Crippen LogP) is 1.12. The maximum Gasteiger partial charge on any atom is 0.354 e. The molecule has 0 aliphatic rings. The van der Waals surface area contributed by atoms with Crippen LogP contribution in [0.25, 0.3) is 0 Å². The van der Waals surface area contributed by atoms with Gasteiger partial charge in [0.15, 0.2) is 0 Å². The van der Waals surface area contributed by atoms with Gasteiger partial charge in [0.25, 0.3) is 0 Å². The van der Waals surface area contributed by atoms with Crippen LogP contribution in [0.4, 0.5) is 17.3 Å². The van der Waals surface area contributed by atoms with E-state index in [4.69, 9.17) is 10.8 Å². The third kappa shape index (κ3) is 2.96. The maximum atomic E-state index is 10.8. The predicted molar refractivity (Wildman–Crippen MR) is 72.4 cm³/mol. The van der Waals surface area contributed by atoms with Gasteiger partial charge < -0.3 is 10.8 Å². The smallest absolute Gasteiger partial charge is 0.354 e. The van der Waals surface area contributed by atoms with Crippen molar-refractivity contribution in [2.75, 3.05) is 11.2 Å². The van der Waals surface area contributed by atoms with Crippen LogP contribution < -0.4 is 11.2 Å². The first-order valence-corrected chi connectivity index (χ1v) is 5.41. The highest BCUT2D eigenvalue weighted by atomic mass is 16.6. The lowest BCUT2D eigenvalue weighted by Gasteiger charge is -2.01. The number of benzene rings is 1. The van der Waals surface area contributed by atoms with Crippen LogP contribution in [0.1, 0.15) is 5.56 Å². The molecule has 0 bridgehead atoms. The number of hydrogen-bond donors (Lipinski definition) is 3. The fourth-order valence-corrected chi connectivity index (χ4v) is 1.38. The summed E-state index contributed by atoms with van der Waals surface area (Å²) in [5.74, 6) is -0.209. The second kappa shape index (κ2) is 5.61. The van der Waals surface area contributed by atoms with E-state index in [1.807, 2.05) is 0 Å². The van der Waals surface area contributed by atoms with Crippen LogP contribution in [0.3, 0.4) is 0 Å². The number of anilines is 2. The standard InChI is InChI=1S/C11H10N6O3/c12-10-9(17(19)20)11(14-6-13-10)16-15-5-7-1-3-8(18)4-2-7/h1-6,18H,(H3,12,13,14,16). The highest BCUT2D eigenvalue weighted by Gasteiger charge is 2.20. The van der Waals surface area contributed by atoms with Gasteiger partial charge in [0.1, 0.15) is 12.1 Å². The molecule has 0 aliphatic carbocycles. The molecule has 1 aromatic carbocycles. The highest BCUT2D eigenvalue weighted by Crippen LogP contribution is 2.25. The van der Waals surface area contributed by atoms with E-state index in [0.717, 1.165) is 6.33 Å². The van der Waals surface area contributed by atoms with Crippen molar-refractivity contribution >= 4 is 23.5 Å². The lowest BCUT2D eigenvalue weighted by Crippen LogP contribution is -2.04. The number of rotatable bonds is 4. The van der Waals surface area contributed by atoms with Crippen molar-refractivity contribution in [3.63, 3.8) is 0 Å². The number of nitrogens with two attached hydrogens (primary N) is 1. The summed E-state index contributed by atoms with van der Waals surface area (Å²) in [7, 11) is 0. The van der Waals surface area contributed by atoms with Crippen molar-refractivity contribution in [3.8, 4) is 5.75 Å². The number of nitrogen functional groups attached to an aromatic ring is 1. The van der Waals surface area contributed by atoms with Crippen LogP contribution in [-0.2, 0) is 0 Å². The molecule has 0 aliphatic heterocycles. The summed E-state index contributed by atoms with van der Waals surface area (Å²) in [5.41, 5.74) is 8.10. The normalized spacial score (nSPS) is 10.6. The summed E-state index contributed by atoms with van der Waals surface area (Å²) in [6.45, 7) is 0. The molecule has 0 saturated carbocycles. The molecule has 2 rings (SSSR count). The van der Waals surface area contributed by atoms with Crippen LogP contribution in [0.15, 0.2) is 35.7 Å². The summed E-state index contributed by atoms with van der Waals surface area (Å²) in [6.07, 6.45) is 2.52. The number of nitro groups is 1. The second-order valence-corrected chi connectivity index (χ2v) is 3.67. The van der Waals surface area contributed by atoms with E-state index in [-0.39, 0.29) is 17.4 Å². The monoisotopic (exact) mass is 274 g/mol. The third-order valence-electron chi connectivity index (χ3n) is 2.31. The number of hydrazone groups is 1. The van der Waals surface area contributed by atoms with Crippen molar-refractivity contribution in [1.29, 1.82) is 0 Å². The average molecular weight is 274 g/mol. The van der Waals surface area contributed by atoms with Gasteiger partial charge in [0, 0.05) is 0 Å². The molecule has 0 atom stereocenters. The van der Waals surface area contributed by atoms with Gasteiger partial charge in [-0.25, -0.2) is 9.97 Å². The Bertz CT molecular complexity index is 656. The van der Waals surface area contributed by atoms with Crippen molar-refractivity contribution < 1.29 is 10.0 Å². The molecule has 0 fully saturated rings. The van der Waals surface area contributed by atoms with Crippen molar-refractivity contribution in [2.24, 2.45) is 5.10 Å². The zero-order valence-corrected chi connectivity index (χ0v) is 10.1. The lowest BCUT2D eigenvalue weighted by atomic mass is 10.2. The number of aromatic hydroxyl groups is 1. The number of nitrogens with zero attached hydrogens (tertiary/aromatic N) is 4. The Hall–Kier alpha value is -3.23. The van der Waals surface area contributed by atoms with E-state index in [2.05, 4.69) is 20.5 Å². The van der Waals surface area contributed by atoms with Crippen LogP contribution in [-0.4, -0.2) is 26.2 Å². The fraction of sp³-hybridized carbons (Fsp3) is 0. The summed E-state index contributed by atoms with van der Waals surface area (Å²) in [4.78, 5) is 17.4. The SMILES string of the molecule is Nc1ncnc(NN=Cc2ccc(O)cc2)c1[N+](=O)[O-]. The van der Waals surface area contributed by atoms with Crippen LogP contribution in [0.2, 0.25) is 0 Å². The van der Waals surface area contributed by atoms with Gasteiger partial charge in [-0.05, 0) is 29.8 Å². The number of phenolic OH excluding ortho intramolecular Hbond substituents is 1. The Kier molecular flexibility index (Phi) is 3.70. The Labute approximate surface area is 112 Å². The zero-order valence-electron chi connectivity index (χ0n) is 10.1. The van der Waals surface area contributed by atoms with E-state index in [0.29, 0.717) is 5.56 Å². The van der Waals surface area contributed by atoms with Crippen LogP contribution in [0, 0.1) is 10.1 Å². The van der Waals surface area contributed by atoms with Gasteiger partial charge in [-0.15, -0.1) is 0 Å². The Morgan fingerprint density at radius 3 is 2.70 bits per heavy atom. The summed E-state index contributed by atoms with van der Waals surface area (Å²) >= 11 is 0. The lowest BCUT2D eigenvalue weighted by molar-refractivity contribution is -0.383. The second-order valence-electron chi connectivity index (χ2n) is 3.67. The largest absolute Gasteiger partial charge is 0.508 e. The van der Waals surface area contributed by atoms with Crippen LogP contribution >= 0.6 is 0 Å². The van der Waals surface area contributed by atoms with Gasteiger partial charge in [-0.3, -0.25) is 15.5 Å².